The lowest BCUT2D eigenvalue weighted by Crippen LogP contribution is -2.25. The van der Waals surface area contributed by atoms with Crippen molar-refractivity contribution in [1.29, 1.82) is 0 Å². The summed E-state index contributed by atoms with van der Waals surface area (Å²) >= 11 is 0. The largest absolute Gasteiger partial charge is 0.460 e. The highest BCUT2D eigenvalue weighted by atomic mass is 16.6. The molecule has 6 nitrogen and oxygen atoms in total. The summed E-state index contributed by atoms with van der Waals surface area (Å²) in [6.07, 6.45) is -0.0479. The van der Waals surface area contributed by atoms with Gasteiger partial charge in [-0.05, 0) is 31.0 Å². The van der Waals surface area contributed by atoms with Crippen molar-refractivity contribution in [1.82, 2.24) is 0 Å². The molecule has 0 heterocycles. The molecular formula is C18H24O6. The molecule has 0 bridgehead atoms. The van der Waals surface area contributed by atoms with E-state index in [-0.39, 0.29) is 26.4 Å². The first kappa shape index (κ1) is 19.9. The molecule has 1 atom stereocenters. The zero-order valence-corrected chi connectivity index (χ0v) is 14.1. The SMILES string of the molecule is C=C(C)C(=O)OCCOCC(O)COC(=O)c1ccc(CC)cc1. The second kappa shape index (κ2) is 10.6. The number of benzene rings is 1. The van der Waals surface area contributed by atoms with Gasteiger partial charge in [0.15, 0.2) is 0 Å². The Hall–Kier alpha value is -2.18. The standard InChI is InChI=1S/C18H24O6/c1-4-14-5-7-15(8-6-14)18(21)24-12-16(19)11-22-9-10-23-17(20)13(2)3/h5-8,16,19H,2,4,9-12H2,1,3H3. The molecule has 0 fully saturated rings. The van der Waals surface area contributed by atoms with Crippen LogP contribution in [0.5, 0.6) is 0 Å². The monoisotopic (exact) mass is 336 g/mol. The summed E-state index contributed by atoms with van der Waals surface area (Å²) < 4.78 is 15.0. The molecule has 0 saturated carbocycles. The number of hydrogen-bond donors (Lipinski definition) is 1. The minimum Gasteiger partial charge on any atom is -0.460 e. The van der Waals surface area contributed by atoms with E-state index in [0.29, 0.717) is 11.1 Å². The van der Waals surface area contributed by atoms with Crippen LogP contribution in [0.2, 0.25) is 0 Å². The minimum absolute atomic E-state index is 0.0212. The fourth-order valence-electron chi connectivity index (χ4n) is 1.72. The Bertz CT molecular complexity index is 549. The molecule has 0 amide bonds. The third-order valence-corrected chi connectivity index (χ3v) is 3.12. The van der Waals surface area contributed by atoms with Gasteiger partial charge in [-0.3, -0.25) is 0 Å². The van der Waals surface area contributed by atoms with Gasteiger partial charge in [-0.2, -0.15) is 0 Å². The second-order valence-corrected chi connectivity index (χ2v) is 5.29. The van der Waals surface area contributed by atoms with Gasteiger partial charge in [-0.1, -0.05) is 25.6 Å². The van der Waals surface area contributed by atoms with Gasteiger partial charge in [0.2, 0.25) is 0 Å². The Labute approximate surface area is 142 Å². The lowest BCUT2D eigenvalue weighted by Gasteiger charge is -2.12. The van der Waals surface area contributed by atoms with Gasteiger partial charge in [0.05, 0.1) is 18.8 Å². The average molecular weight is 336 g/mol. The van der Waals surface area contributed by atoms with Crippen molar-refractivity contribution in [3.05, 3.63) is 47.5 Å². The van der Waals surface area contributed by atoms with Gasteiger partial charge in [-0.25, -0.2) is 9.59 Å². The number of aliphatic hydroxyl groups is 1. The van der Waals surface area contributed by atoms with Crippen LogP contribution in [0.4, 0.5) is 0 Å². The molecule has 0 saturated heterocycles. The number of esters is 2. The third-order valence-electron chi connectivity index (χ3n) is 3.12. The van der Waals surface area contributed by atoms with E-state index in [1.807, 2.05) is 19.1 Å². The summed E-state index contributed by atoms with van der Waals surface area (Å²) in [5.41, 5.74) is 1.88. The first-order chi connectivity index (χ1) is 11.4. The average Bonchev–Trinajstić information content (AvgIpc) is 2.59. The zero-order valence-electron chi connectivity index (χ0n) is 14.1. The molecule has 0 aromatic heterocycles. The van der Waals surface area contributed by atoms with Gasteiger partial charge < -0.3 is 19.3 Å². The highest BCUT2D eigenvalue weighted by molar-refractivity contribution is 5.89. The maximum absolute atomic E-state index is 11.8. The van der Waals surface area contributed by atoms with Gasteiger partial charge in [-0.15, -0.1) is 0 Å². The highest BCUT2D eigenvalue weighted by Gasteiger charge is 2.11. The first-order valence-corrected chi connectivity index (χ1v) is 7.78. The lowest BCUT2D eigenvalue weighted by atomic mass is 10.1. The van der Waals surface area contributed by atoms with Crippen LogP contribution in [0.15, 0.2) is 36.4 Å². The molecule has 132 valence electrons. The normalized spacial score (nSPS) is 11.6. The molecule has 0 radical (unpaired) electrons. The zero-order chi connectivity index (χ0) is 17.9. The number of carbonyl (C=O) groups excluding carboxylic acids is 2. The van der Waals surface area contributed by atoms with Crippen molar-refractivity contribution in [3.63, 3.8) is 0 Å². The minimum atomic E-state index is -0.944. The molecule has 1 N–H and O–H groups in total. The van der Waals surface area contributed by atoms with E-state index in [0.717, 1.165) is 12.0 Å². The number of hydrogen-bond acceptors (Lipinski definition) is 6. The molecule has 0 aliphatic heterocycles. The molecule has 1 aromatic rings. The van der Waals surface area contributed by atoms with Crippen molar-refractivity contribution in [2.45, 2.75) is 26.4 Å². The molecule has 6 heteroatoms. The Morgan fingerprint density at radius 2 is 1.79 bits per heavy atom. The Kier molecular flexibility index (Phi) is 8.75. The number of aryl methyl sites for hydroxylation is 1. The fourth-order valence-corrected chi connectivity index (χ4v) is 1.72. The van der Waals surface area contributed by atoms with Crippen LogP contribution in [-0.2, 0) is 25.4 Å². The topological polar surface area (TPSA) is 82.1 Å². The smallest absolute Gasteiger partial charge is 0.338 e. The Balaban J connectivity index is 2.18. The molecule has 1 rings (SSSR count). The van der Waals surface area contributed by atoms with Crippen molar-refractivity contribution in [2.24, 2.45) is 0 Å². The predicted octanol–water partition coefficient (Wildman–Crippen LogP) is 1.90. The Morgan fingerprint density at radius 3 is 2.38 bits per heavy atom. The Morgan fingerprint density at radius 1 is 1.12 bits per heavy atom. The second-order valence-electron chi connectivity index (χ2n) is 5.29. The quantitative estimate of drug-likeness (QED) is 0.399. The molecule has 1 unspecified atom stereocenters. The molecule has 0 aliphatic rings. The predicted molar refractivity (Wildman–Crippen MR) is 88.7 cm³/mol. The van der Waals surface area contributed by atoms with Gasteiger partial charge in [0.25, 0.3) is 0 Å². The van der Waals surface area contributed by atoms with Crippen LogP contribution < -0.4 is 0 Å². The van der Waals surface area contributed by atoms with E-state index in [1.54, 1.807) is 19.1 Å². The summed E-state index contributed by atoms with van der Waals surface area (Å²) in [5.74, 6) is -0.978. The first-order valence-electron chi connectivity index (χ1n) is 7.78. The van der Waals surface area contributed by atoms with Crippen LogP contribution in [-0.4, -0.2) is 49.6 Å². The third kappa shape index (κ3) is 7.39. The van der Waals surface area contributed by atoms with E-state index in [4.69, 9.17) is 14.2 Å². The van der Waals surface area contributed by atoms with Crippen LogP contribution in [0, 0.1) is 0 Å². The van der Waals surface area contributed by atoms with Crippen LogP contribution in [0.3, 0.4) is 0 Å². The lowest BCUT2D eigenvalue weighted by molar-refractivity contribution is -0.140. The van der Waals surface area contributed by atoms with Crippen molar-refractivity contribution in [3.8, 4) is 0 Å². The van der Waals surface area contributed by atoms with E-state index in [2.05, 4.69) is 6.58 Å². The van der Waals surface area contributed by atoms with Crippen molar-refractivity contribution in [2.75, 3.05) is 26.4 Å². The van der Waals surface area contributed by atoms with Crippen LogP contribution >= 0.6 is 0 Å². The molecule has 24 heavy (non-hydrogen) atoms. The molecular weight excluding hydrogens is 312 g/mol. The maximum atomic E-state index is 11.8. The number of carbonyl (C=O) groups is 2. The van der Waals surface area contributed by atoms with Crippen LogP contribution in [0.1, 0.15) is 29.8 Å². The van der Waals surface area contributed by atoms with E-state index >= 15 is 0 Å². The summed E-state index contributed by atoms with van der Waals surface area (Å²) in [6.45, 7) is 7.06. The van der Waals surface area contributed by atoms with Crippen molar-refractivity contribution < 1.29 is 28.9 Å². The number of aliphatic hydroxyl groups excluding tert-OH is 1. The summed E-state index contributed by atoms with van der Waals surface area (Å²) in [4.78, 5) is 22.9. The van der Waals surface area contributed by atoms with E-state index in [1.165, 1.54) is 0 Å². The van der Waals surface area contributed by atoms with Crippen LogP contribution in [0.25, 0.3) is 0 Å². The van der Waals surface area contributed by atoms with Gasteiger partial charge >= 0.3 is 11.9 Å². The summed E-state index contributed by atoms with van der Waals surface area (Å²) in [7, 11) is 0. The van der Waals surface area contributed by atoms with Gasteiger partial charge in [0, 0.05) is 5.57 Å². The number of ether oxygens (including phenoxy) is 3. The molecule has 0 aliphatic carbocycles. The van der Waals surface area contributed by atoms with E-state index in [9.17, 15) is 14.7 Å². The van der Waals surface area contributed by atoms with Gasteiger partial charge in [0.1, 0.15) is 19.3 Å². The molecule has 1 aromatic carbocycles. The molecule has 0 spiro atoms. The number of rotatable bonds is 10. The summed E-state index contributed by atoms with van der Waals surface area (Å²) in [5, 5.41) is 9.70. The van der Waals surface area contributed by atoms with Crippen molar-refractivity contribution >= 4 is 11.9 Å². The summed E-state index contributed by atoms with van der Waals surface area (Å²) in [6, 6.07) is 7.12. The van der Waals surface area contributed by atoms with E-state index < -0.39 is 18.0 Å². The maximum Gasteiger partial charge on any atom is 0.338 e. The highest BCUT2D eigenvalue weighted by Crippen LogP contribution is 2.07. The fraction of sp³-hybridized carbons (Fsp3) is 0.444.